The minimum atomic E-state index is -1.15. The zero-order chi connectivity index (χ0) is 46.6. The number of hydroxylamine groups is 1. The van der Waals surface area contributed by atoms with Gasteiger partial charge >= 0.3 is 5.97 Å². The number of nitrogens with one attached hydrogen (secondary N) is 2. The molecule has 2 N–H and O–H groups in total. The summed E-state index contributed by atoms with van der Waals surface area (Å²) in [5.41, 5.74) is 5.30. The fourth-order valence-electron chi connectivity index (χ4n) is 9.17. The molecule has 0 saturated heterocycles. The first-order chi connectivity index (χ1) is 31.8. The van der Waals surface area contributed by atoms with Crippen molar-refractivity contribution in [2.45, 2.75) is 102 Å². The number of aryl methyl sites for hydroxylation is 2. The number of carbonyl (C=O) groups excluding carboxylic acids is 7. The molecular weight excluding hydrogens is 849 g/mol. The van der Waals surface area contributed by atoms with E-state index in [-0.39, 0.29) is 34.5 Å². The SMILES string of the molecule is COc1ccc(C(CC(=O)NCC(=O)ONC(=O)CC(c2ccc(OC)c(OC3CCCC3)c2)N2C(=O)c3ccc(C)cc3C2=O)N2C(=O)c3ccc(C)cc3C2=O)cc1OC1CCCC1. The Labute approximate surface area is 381 Å². The van der Waals surface area contributed by atoms with Crippen LogP contribution in [-0.4, -0.2) is 84.2 Å². The molecule has 2 atom stereocenters. The predicted octanol–water partition coefficient (Wildman–Crippen LogP) is 6.81. The number of amides is 6. The first kappa shape index (κ1) is 45.3. The fraction of sp³-hybridized carbons (Fsp3) is 0.380. The Bertz CT molecular complexity index is 2420. The van der Waals surface area contributed by atoms with E-state index < -0.39 is 72.9 Å². The summed E-state index contributed by atoms with van der Waals surface area (Å²) in [6.45, 7) is 2.91. The van der Waals surface area contributed by atoms with Crippen molar-refractivity contribution in [2.24, 2.45) is 0 Å². The molecule has 16 nitrogen and oxygen atoms in total. The van der Waals surface area contributed by atoms with Crippen LogP contribution < -0.4 is 29.7 Å². The number of ether oxygens (including phenoxy) is 4. The van der Waals surface area contributed by atoms with Gasteiger partial charge in [0.05, 0.1) is 73.6 Å². The summed E-state index contributed by atoms with van der Waals surface area (Å²) in [6.07, 6.45) is 6.48. The number of methoxy groups -OCH3 is 2. The summed E-state index contributed by atoms with van der Waals surface area (Å²) < 4.78 is 23.7. The van der Waals surface area contributed by atoms with Crippen molar-refractivity contribution in [3.63, 3.8) is 0 Å². The number of imide groups is 2. The molecular formula is C50H52N4O12. The standard InChI is InChI=1S/C50H52N4O12/c1-28-13-17-34-36(21-28)49(60)53(47(34)58)38(30-15-19-40(62-3)42(23-30)64-32-9-5-6-10-32)25-44(55)51-27-46(57)66-52-45(56)26-39(54-48(59)35-18-14-29(2)22-37(35)50(54)61)31-16-20-41(63-4)43(24-31)65-33-11-7-8-12-33/h13-24,32-33,38-39H,5-12,25-27H2,1-4H3,(H,51,55)(H,52,56). The Morgan fingerprint density at radius 2 is 0.985 bits per heavy atom. The van der Waals surface area contributed by atoms with Crippen LogP contribution >= 0.6 is 0 Å². The molecule has 2 saturated carbocycles. The summed E-state index contributed by atoms with van der Waals surface area (Å²) >= 11 is 0. The maximum Gasteiger partial charge on any atom is 0.351 e. The third kappa shape index (κ3) is 9.44. The van der Waals surface area contributed by atoms with Crippen LogP contribution in [0.1, 0.15) is 140 Å². The van der Waals surface area contributed by atoms with Crippen molar-refractivity contribution in [1.82, 2.24) is 20.6 Å². The van der Waals surface area contributed by atoms with Crippen LogP contribution in [0.15, 0.2) is 72.8 Å². The van der Waals surface area contributed by atoms with Crippen LogP contribution in [0, 0.1) is 13.8 Å². The van der Waals surface area contributed by atoms with Gasteiger partial charge in [-0.25, -0.2) is 4.79 Å². The normalized spacial score (nSPS) is 16.8. The van der Waals surface area contributed by atoms with Gasteiger partial charge in [0.15, 0.2) is 23.0 Å². The smallest absolute Gasteiger partial charge is 0.351 e. The average Bonchev–Trinajstić information content (AvgIpc) is 4.12. The number of rotatable bonds is 16. The second-order valence-corrected chi connectivity index (χ2v) is 17.1. The Hall–Kier alpha value is -7.23. The number of fused-ring (bicyclic) bond motifs is 2. The van der Waals surface area contributed by atoms with Gasteiger partial charge < -0.3 is 29.1 Å². The van der Waals surface area contributed by atoms with E-state index >= 15 is 0 Å². The summed E-state index contributed by atoms with van der Waals surface area (Å²) in [7, 11) is 3.01. The number of hydrogen-bond donors (Lipinski definition) is 2. The number of benzene rings is 4. The number of hydrogen-bond acceptors (Lipinski definition) is 12. The minimum absolute atomic E-state index is 0.0431. The van der Waals surface area contributed by atoms with E-state index in [0.717, 1.165) is 72.3 Å². The average molecular weight is 901 g/mol. The van der Waals surface area contributed by atoms with Gasteiger partial charge in [-0.05, 0) is 125 Å². The molecule has 6 amide bonds. The lowest BCUT2D eigenvalue weighted by Crippen LogP contribution is -2.40. The van der Waals surface area contributed by atoms with Crippen molar-refractivity contribution in [3.8, 4) is 23.0 Å². The van der Waals surface area contributed by atoms with Gasteiger partial charge in [0.2, 0.25) is 5.91 Å². The molecule has 4 aliphatic rings. The van der Waals surface area contributed by atoms with Crippen molar-refractivity contribution in [1.29, 1.82) is 0 Å². The maximum absolute atomic E-state index is 13.9. The predicted molar refractivity (Wildman–Crippen MR) is 237 cm³/mol. The highest BCUT2D eigenvalue weighted by Gasteiger charge is 2.43. The van der Waals surface area contributed by atoms with Crippen LogP contribution in [-0.2, 0) is 19.2 Å². The molecule has 66 heavy (non-hydrogen) atoms. The molecule has 16 heteroatoms. The van der Waals surface area contributed by atoms with Crippen molar-refractivity contribution >= 4 is 41.4 Å². The molecule has 2 unspecified atom stereocenters. The zero-order valence-electron chi connectivity index (χ0n) is 37.3. The van der Waals surface area contributed by atoms with E-state index in [9.17, 15) is 33.6 Å². The summed E-state index contributed by atoms with van der Waals surface area (Å²) in [6, 6.07) is 17.5. The first-order valence-corrected chi connectivity index (χ1v) is 22.2. The highest BCUT2D eigenvalue weighted by atomic mass is 16.7. The molecule has 2 aliphatic carbocycles. The van der Waals surface area contributed by atoms with E-state index in [1.54, 1.807) is 86.6 Å². The van der Waals surface area contributed by atoms with Crippen LogP contribution in [0.25, 0.3) is 0 Å². The first-order valence-electron chi connectivity index (χ1n) is 22.2. The quantitative estimate of drug-likeness (QED) is 0.0882. The van der Waals surface area contributed by atoms with Crippen molar-refractivity contribution in [3.05, 3.63) is 117 Å². The monoisotopic (exact) mass is 900 g/mol. The van der Waals surface area contributed by atoms with Crippen molar-refractivity contribution in [2.75, 3.05) is 20.8 Å². The van der Waals surface area contributed by atoms with Gasteiger partial charge in [-0.2, -0.15) is 5.48 Å². The molecule has 4 aromatic carbocycles. The maximum atomic E-state index is 13.9. The Morgan fingerprint density at radius 3 is 1.42 bits per heavy atom. The van der Waals surface area contributed by atoms with Gasteiger partial charge in [-0.15, -0.1) is 0 Å². The van der Waals surface area contributed by atoms with E-state index in [1.165, 1.54) is 14.2 Å². The lowest BCUT2D eigenvalue weighted by atomic mass is 10.0. The van der Waals surface area contributed by atoms with E-state index in [1.807, 2.05) is 0 Å². The molecule has 2 fully saturated rings. The molecule has 2 heterocycles. The van der Waals surface area contributed by atoms with Gasteiger partial charge in [0.1, 0.15) is 6.54 Å². The van der Waals surface area contributed by atoms with E-state index in [2.05, 4.69) is 10.8 Å². The Morgan fingerprint density at radius 1 is 0.561 bits per heavy atom. The largest absolute Gasteiger partial charge is 0.493 e. The summed E-state index contributed by atoms with van der Waals surface area (Å²) in [5.74, 6) is -3.25. The van der Waals surface area contributed by atoms with Crippen LogP contribution in [0.3, 0.4) is 0 Å². The highest BCUT2D eigenvalue weighted by molar-refractivity contribution is 6.22. The number of carbonyl (C=O) groups is 7. The highest BCUT2D eigenvalue weighted by Crippen LogP contribution is 2.41. The summed E-state index contributed by atoms with van der Waals surface area (Å²) in [4.78, 5) is 103. The van der Waals surface area contributed by atoms with Crippen molar-refractivity contribution < 1.29 is 57.3 Å². The molecule has 0 bridgehead atoms. The zero-order valence-corrected chi connectivity index (χ0v) is 37.3. The minimum Gasteiger partial charge on any atom is -0.493 e. The molecule has 344 valence electrons. The lowest BCUT2D eigenvalue weighted by molar-refractivity contribution is -0.158. The van der Waals surface area contributed by atoms with Crippen LogP contribution in [0.5, 0.6) is 23.0 Å². The number of nitrogens with zero attached hydrogens (tertiary/aromatic N) is 2. The second-order valence-electron chi connectivity index (χ2n) is 17.1. The Kier molecular flexibility index (Phi) is 13.4. The molecule has 0 spiro atoms. The second kappa shape index (κ2) is 19.5. The fourth-order valence-corrected chi connectivity index (χ4v) is 9.17. The van der Waals surface area contributed by atoms with Gasteiger partial charge in [0.25, 0.3) is 29.5 Å². The summed E-state index contributed by atoms with van der Waals surface area (Å²) in [5, 5.41) is 2.48. The van der Waals surface area contributed by atoms with E-state index in [4.69, 9.17) is 23.8 Å². The van der Waals surface area contributed by atoms with Gasteiger partial charge in [0, 0.05) is 0 Å². The van der Waals surface area contributed by atoms with Crippen LogP contribution in [0.4, 0.5) is 0 Å². The molecule has 4 aromatic rings. The topological polar surface area (TPSA) is 196 Å². The molecule has 2 aliphatic heterocycles. The molecule has 0 aromatic heterocycles. The van der Waals surface area contributed by atoms with Gasteiger partial charge in [-0.3, -0.25) is 38.6 Å². The third-order valence-corrected chi connectivity index (χ3v) is 12.6. The van der Waals surface area contributed by atoms with Gasteiger partial charge in [-0.1, -0.05) is 35.4 Å². The van der Waals surface area contributed by atoms with E-state index in [0.29, 0.717) is 34.1 Å². The Balaban J connectivity index is 0.961. The van der Waals surface area contributed by atoms with Crippen LogP contribution in [0.2, 0.25) is 0 Å². The lowest BCUT2D eigenvalue weighted by Gasteiger charge is -2.27. The third-order valence-electron chi connectivity index (χ3n) is 12.6. The molecule has 0 radical (unpaired) electrons. The molecule has 8 rings (SSSR count).